The number of fused-ring (bicyclic) bond motifs is 2. The van der Waals surface area contributed by atoms with E-state index in [0.717, 1.165) is 10.9 Å². The molecule has 2 aromatic heterocycles. The van der Waals surface area contributed by atoms with E-state index < -0.39 is 10.0 Å². The molecule has 1 N–H and O–H groups in total. The fourth-order valence-electron chi connectivity index (χ4n) is 2.86. The highest BCUT2D eigenvalue weighted by atomic mass is 32.2. The predicted octanol–water partition coefficient (Wildman–Crippen LogP) is 3.45. The lowest BCUT2D eigenvalue weighted by Crippen LogP contribution is -2.14. The molecule has 0 saturated heterocycles. The number of sulfonamides is 1. The molecule has 0 atom stereocenters. The van der Waals surface area contributed by atoms with Crippen LogP contribution in [0.5, 0.6) is 0 Å². The van der Waals surface area contributed by atoms with Crippen LogP contribution in [-0.4, -0.2) is 13.4 Å². The number of nitrogens with one attached hydrogen (secondary N) is 1. The first-order valence-electron chi connectivity index (χ1n) is 7.84. The van der Waals surface area contributed by atoms with Crippen LogP contribution >= 0.6 is 0 Å². The van der Waals surface area contributed by atoms with Crippen molar-refractivity contribution >= 4 is 37.6 Å². The Labute approximate surface area is 149 Å². The summed E-state index contributed by atoms with van der Waals surface area (Å²) in [5.41, 5.74) is 1.77. The van der Waals surface area contributed by atoms with E-state index in [1.54, 1.807) is 24.4 Å². The van der Waals surface area contributed by atoms with E-state index in [2.05, 4.69) is 9.71 Å². The summed E-state index contributed by atoms with van der Waals surface area (Å²) in [6.45, 7) is 1.90. The van der Waals surface area contributed by atoms with E-state index >= 15 is 0 Å². The Hall–Kier alpha value is -3.19. The number of para-hydroxylation sites is 1. The average molecular weight is 366 g/mol. The normalized spacial score (nSPS) is 11.7. The third-order valence-electron chi connectivity index (χ3n) is 4.15. The van der Waals surface area contributed by atoms with Crippen LogP contribution in [0.15, 0.2) is 75.1 Å². The Balaban J connectivity index is 1.83. The third-order valence-corrected chi connectivity index (χ3v) is 5.57. The molecule has 0 aliphatic heterocycles. The smallest absolute Gasteiger partial charge is 0.264 e. The lowest BCUT2D eigenvalue weighted by atomic mass is 10.1. The summed E-state index contributed by atoms with van der Waals surface area (Å²) in [4.78, 5) is 16.2. The van der Waals surface area contributed by atoms with Crippen LogP contribution in [0.3, 0.4) is 0 Å². The SMILES string of the molecule is Cc1ccnc2c(S(=O)(=O)Nc3ccc4occc(=O)c4c3)cccc12. The summed E-state index contributed by atoms with van der Waals surface area (Å²) in [6.07, 6.45) is 2.89. The van der Waals surface area contributed by atoms with Gasteiger partial charge in [0, 0.05) is 23.3 Å². The molecule has 4 aromatic rings. The number of benzene rings is 2. The Morgan fingerprint density at radius 2 is 1.88 bits per heavy atom. The van der Waals surface area contributed by atoms with Gasteiger partial charge in [-0.15, -0.1) is 0 Å². The van der Waals surface area contributed by atoms with Crippen molar-refractivity contribution in [2.24, 2.45) is 0 Å². The van der Waals surface area contributed by atoms with Crippen molar-refractivity contribution in [3.63, 3.8) is 0 Å². The maximum Gasteiger partial charge on any atom is 0.264 e. The molecule has 7 heteroatoms. The quantitative estimate of drug-likeness (QED) is 0.600. The Kier molecular flexibility index (Phi) is 3.73. The molecule has 0 fully saturated rings. The number of aryl methyl sites for hydroxylation is 1. The van der Waals surface area contributed by atoms with Crippen LogP contribution in [0.4, 0.5) is 5.69 Å². The summed E-state index contributed by atoms with van der Waals surface area (Å²) in [5.74, 6) is 0. The van der Waals surface area contributed by atoms with Crippen LogP contribution in [0, 0.1) is 6.92 Å². The highest BCUT2D eigenvalue weighted by Crippen LogP contribution is 2.26. The van der Waals surface area contributed by atoms with Gasteiger partial charge in [-0.05, 0) is 42.8 Å². The molecule has 6 nitrogen and oxygen atoms in total. The molecule has 0 saturated carbocycles. The monoisotopic (exact) mass is 366 g/mol. The van der Waals surface area contributed by atoms with Gasteiger partial charge in [0.15, 0.2) is 5.43 Å². The van der Waals surface area contributed by atoms with Crippen molar-refractivity contribution in [3.8, 4) is 0 Å². The van der Waals surface area contributed by atoms with Crippen LogP contribution < -0.4 is 10.2 Å². The molecule has 0 spiro atoms. The molecule has 0 radical (unpaired) electrons. The third kappa shape index (κ3) is 2.72. The van der Waals surface area contributed by atoms with Crippen molar-refractivity contribution < 1.29 is 12.8 Å². The van der Waals surface area contributed by atoms with Gasteiger partial charge in [-0.25, -0.2) is 8.42 Å². The van der Waals surface area contributed by atoms with Gasteiger partial charge in [0.1, 0.15) is 10.5 Å². The van der Waals surface area contributed by atoms with Crippen LogP contribution in [0.2, 0.25) is 0 Å². The van der Waals surface area contributed by atoms with Crippen LogP contribution in [-0.2, 0) is 10.0 Å². The van der Waals surface area contributed by atoms with Gasteiger partial charge in [0.05, 0.1) is 17.2 Å². The minimum absolute atomic E-state index is 0.0823. The second-order valence-corrected chi connectivity index (χ2v) is 7.53. The number of nitrogens with zero attached hydrogens (tertiary/aromatic N) is 1. The van der Waals surface area contributed by atoms with Gasteiger partial charge in [0.25, 0.3) is 10.0 Å². The molecular weight excluding hydrogens is 352 g/mol. The van der Waals surface area contributed by atoms with E-state index in [4.69, 9.17) is 4.42 Å². The van der Waals surface area contributed by atoms with E-state index in [9.17, 15) is 13.2 Å². The summed E-state index contributed by atoms with van der Waals surface area (Å²) < 4.78 is 33.6. The number of aromatic nitrogens is 1. The standard InChI is InChI=1S/C19H14N2O4S/c1-12-7-9-20-19-14(12)3-2-4-18(19)26(23,24)21-13-5-6-17-15(11-13)16(22)8-10-25-17/h2-11,21H,1H3. The second kappa shape index (κ2) is 5.96. The van der Waals surface area contributed by atoms with Gasteiger partial charge in [0.2, 0.25) is 0 Å². The minimum atomic E-state index is -3.88. The number of pyridine rings is 1. The fraction of sp³-hybridized carbons (Fsp3) is 0.0526. The molecule has 0 amide bonds. The number of anilines is 1. The largest absolute Gasteiger partial charge is 0.464 e. The highest BCUT2D eigenvalue weighted by molar-refractivity contribution is 7.93. The number of hydrogen-bond donors (Lipinski definition) is 1. The molecule has 0 unspecified atom stereocenters. The molecule has 2 heterocycles. The summed E-state index contributed by atoms with van der Waals surface area (Å²) in [7, 11) is -3.88. The Bertz CT molecular complexity index is 1310. The lowest BCUT2D eigenvalue weighted by Gasteiger charge is -2.11. The zero-order valence-corrected chi connectivity index (χ0v) is 14.6. The molecule has 130 valence electrons. The molecule has 0 aliphatic rings. The van der Waals surface area contributed by atoms with Crippen LogP contribution in [0.25, 0.3) is 21.9 Å². The van der Waals surface area contributed by atoms with Gasteiger partial charge < -0.3 is 4.42 Å². The van der Waals surface area contributed by atoms with Gasteiger partial charge in [-0.2, -0.15) is 0 Å². The average Bonchev–Trinajstić information content (AvgIpc) is 2.62. The van der Waals surface area contributed by atoms with Crippen molar-refractivity contribution in [1.82, 2.24) is 4.98 Å². The lowest BCUT2D eigenvalue weighted by molar-refractivity contribution is 0.600. The molecule has 26 heavy (non-hydrogen) atoms. The Morgan fingerprint density at radius 1 is 1.04 bits per heavy atom. The highest BCUT2D eigenvalue weighted by Gasteiger charge is 2.19. The zero-order chi connectivity index (χ0) is 18.3. The van der Waals surface area contributed by atoms with E-state index in [0.29, 0.717) is 16.5 Å². The van der Waals surface area contributed by atoms with Crippen molar-refractivity contribution in [2.45, 2.75) is 11.8 Å². The summed E-state index contributed by atoms with van der Waals surface area (Å²) in [5, 5.41) is 1.08. The van der Waals surface area contributed by atoms with Crippen molar-refractivity contribution in [3.05, 3.63) is 76.8 Å². The molecule has 0 aliphatic carbocycles. The van der Waals surface area contributed by atoms with Crippen molar-refractivity contribution in [2.75, 3.05) is 4.72 Å². The summed E-state index contributed by atoms with van der Waals surface area (Å²) in [6, 6.07) is 12.7. The van der Waals surface area contributed by atoms with E-state index in [1.165, 1.54) is 24.5 Å². The predicted molar refractivity (Wildman–Crippen MR) is 99.8 cm³/mol. The Morgan fingerprint density at radius 3 is 2.73 bits per heavy atom. The maximum atomic E-state index is 12.9. The second-order valence-electron chi connectivity index (χ2n) is 5.88. The number of rotatable bonds is 3. The molecule has 2 aromatic carbocycles. The maximum absolute atomic E-state index is 12.9. The zero-order valence-electron chi connectivity index (χ0n) is 13.8. The first-order chi connectivity index (χ1) is 12.5. The van der Waals surface area contributed by atoms with E-state index in [1.807, 2.05) is 19.1 Å². The number of hydrogen-bond acceptors (Lipinski definition) is 5. The van der Waals surface area contributed by atoms with Gasteiger partial charge >= 0.3 is 0 Å². The first-order valence-corrected chi connectivity index (χ1v) is 9.33. The van der Waals surface area contributed by atoms with Crippen LogP contribution in [0.1, 0.15) is 5.56 Å². The summed E-state index contributed by atoms with van der Waals surface area (Å²) >= 11 is 0. The minimum Gasteiger partial charge on any atom is -0.464 e. The van der Waals surface area contributed by atoms with E-state index in [-0.39, 0.29) is 16.0 Å². The van der Waals surface area contributed by atoms with Gasteiger partial charge in [-0.3, -0.25) is 14.5 Å². The fourth-order valence-corrected chi connectivity index (χ4v) is 4.08. The molecule has 0 bridgehead atoms. The molecular formula is C19H14N2O4S. The first kappa shape index (κ1) is 16.3. The van der Waals surface area contributed by atoms with Crippen molar-refractivity contribution in [1.29, 1.82) is 0 Å². The van der Waals surface area contributed by atoms with Gasteiger partial charge in [-0.1, -0.05) is 12.1 Å². The topological polar surface area (TPSA) is 89.3 Å². The molecule has 4 rings (SSSR count).